The molecule has 2 aromatic carbocycles. The highest BCUT2D eigenvalue weighted by atomic mass is 19.1. The fourth-order valence-corrected chi connectivity index (χ4v) is 3.05. The number of hydrogen-bond donors (Lipinski definition) is 1. The van der Waals surface area contributed by atoms with Crippen LogP contribution in [-0.2, 0) is 0 Å². The molecule has 25 heavy (non-hydrogen) atoms. The van der Waals surface area contributed by atoms with Crippen LogP contribution in [0, 0.1) is 5.82 Å². The van der Waals surface area contributed by atoms with Crippen molar-refractivity contribution in [2.24, 2.45) is 0 Å². The van der Waals surface area contributed by atoms with Crippen molar-refractivity contribution in [3.8, 4) is 11.3 Å². The summed E-state index contributed by atoms with van der Waals surface area (Å²) in [5, 5.41) is 10.00. The van der Waals surface area contributed by atoms with Crippen LogP contribution in [0.3, 0.4) is 0 Å². The van der Waals surface area contributed by atoms with Gasteiger partial charge in [-0.1, -0.05) is 0 Å². The van der Waals surface area contributed by atoms with Crippen LogP contribution in [0.1, 0.15) is 23.2 Å². The average molecular weight is 336 g/mol. The molecular weight excluding hydrogens is 319 g/mol. The highest BCUT2D eigenvalue weighted by Crippen LogP contribution is 2.37. The third kappa shape index (κ3) is 2.93. The summed E-state index contributed by atoms with van der Waals surface area (Å²) in [6.07, 6.45) is 2.26. The molecular formula is C20H17FN2O2. The van der Waals surface area contributed by atoms with Gasteiger partial charge in [0.2, 0.25) is 0 Å². The number of hydrogen-bond acceptors (Lipinski definition) is 3. The number of rotatable bonds is 4. The third-order valence-electron chi connectivity index (χ3n) is 4.63. The van der Waals surface area contributed by atoms with Crippen LogP contribution in [-0.4, -0.2) is 29.1 Å². The summed E-state index contributed by atoms with van der Waals surface area (Å²) in [7, 11) is 2.02. The van der Waals surface area contributed by atoms with E-state index in [4.69, 9.17) is 4.98 Å². The monoisotopic (exact) mass is 336 g/mol. The Bertz CT molecular complexity index is 965. The predicted octanol–water partition coefficient (Wildman–Crippen LogP) is 4.34. The molecule has 0 saturated heterocycles. The molecule has 0 radical (unpaired) electrons. The van der Waals surface area contributed by atoms with E-state index in [0.717, 1.165) is 40.7 Å². The van der Waals surface area contributed by atoms with Gasteiger partial charge in [-0.3, -0.25) is 0 Å². The molecule has 4 nitrogen and oxygen atoms in total. The maximum atomic E-state index is 13.3. The minimum atomic E-state index is -0.957. The van der Waals surface area contributed by atoms with Crippen molar-refractivity contribution in [3.05, 3.63) is 59.9 Å². The van der Waals surface area contributed by atoms with Gasteiger partial charge in [0.1, 0.15) is 5.82 Å². The van der Waals surface area contributed by atoms with Crippen molar-refractivity contribution < 1.29 is 14.3 Å². The summed E-state index contributed by atoms with van der Waals surface area (Å²) in [6, 6.07) is 13.7. The number of fused-ring (bicyclic) bond motifs is 1. The lowest BCUT2D eigenvalue weighted by Gasteiger charge is -2.22. The Morgan fingerprint density at radius 3 is 2.52 bits per heavy atom. The Hall–Kier alpha value is -2.95. The van der Waals surface area contributed by atoms with E-state index in [9.17, 15) is 14.3 Å². The molecule has 1 aliphatic rings. The summed E-state index contributed by atoms with van der Waals surface area (Å²) >= 11 is 0. The van der Waals surface area contributed by atoms with E-state index in [1.54, 1.807) is 30.3 Å². The second-order valence-corrected chi connectivity index (χ2v) is 6.42. The molecule has 0 atom stereocenters. The molecule has 0 bridgehead atoms. The minimum absolute atomic E-state index is 0.240. The van der Waals surface area contributed by atoms with Crippen LogP contribution in [0.5, 0.6) is 0 Å². The normalized spacial score (nSPS) is 13.8. The SMILES string of the molecule is CN(c1cc2cc(C(=O)O)ccc2nc1-c1ccc(F)cc1)C1CC1. The first-order valence-electron chi connectivity index (χ1n) is 8.20. The van der Waals surface area contributed by atoms with Crippen LogP contribution in [0.25, 0.3) is 22.2 Å². The van der Waals surface area contributed by atoms with E-state index in [1.165, 1.54) is 12.1 Å². The van der Waals surface area contributed by atoms with E-state index in [2.05, 4.69) is 4.90 Å². The molecule has 5 heteroatoms. The number of anilines is 1. The molecule has 1 heterocycles. The molecule has 0 spiro atoms. The van der Waals surface area contributed by atoms with Crippen molar-refractivity contribution >= 4 is 22.6 Å². The Morgan fingerprint density at radius 2 is 1.88 bits per heavy atom. The molecule has 126 valence electrons. The summed E-state index contributed by atoms with van der Waals surface area (Å²) in [6.45, 7) is 0. The van der Waals surface area contributed by atoms with Crippen molar-refractivity contribution in [1.82, 2.24) is 4.98 Å². The Balaban J connectivity index is 1.92. The van der Waals surface area contributed by atoms with Crippen LogP contribution in [0.15, 0.2) is 48.5 Å². The van der Waals surface area contributed by atoms with Gasteiger partial charge in [-0.2, -0.15) is 0 Å². The second kappa shape index (κ2) is 5.84. The van der Waals surface area contributed by atoms with E-state index in [-0.39, 0.29) is 11.4 Å². The third-order valence-corrected chi connectivity index (χ3v) is 4.63. The summed E-state index contributed by atoms with van der Waals surface area (Å²) in [5.41, 5.74) is 3.52. The highest BCUT2D eigenvalue weighted by molar-refractivity contribution is 5.96. The van der Waals surface area contributed by atoms with Gasteiger partial charge in [0.15, 0.2) is 0 Å². The molecule has 0 unspecified atom stereocenters. The molecule has 1 fully saturated rings. The number of halogens is 1. The van der Waals surface area contributed by atoms with E-state index < -0.39 is 5.97 Å². The van der Waals surface area contributed by atoms with Gasteiger partial charge in [0, 0.05) is 24.0 Å². The van der Waals surface area contributed by atoms with Crippen molar-refractivity contribution in [1.29, 1.82) is 0 Å². The lowest BCUT2D eigenvalue weighted by Crippen LogP contribution is -2.20. The number of aromatic nitrogens is 1. The minimum Gasteiger partial charge on any atom is -0.478 e. The molecule has 4 rings (SSSR count). The fourth-order valence-electron chi connectivity index (χ4n) is 3.05. The van der Waals surface area contributed by atoms with Gasteiger partial charge in [0.25, 0.3) is 0 Å². The summed E-state index contributed by atoms with van der Waals surface area (Å²) in [4.78, 5) is 18.2. The predicted molar refractivity (Wildman–Crippen MR) is 95.5 cm³/mol. The number of pyridine rings is 1. The lowest BCUT2D eigenvalue weighted by atomic mass is 10.0. The number of carbonyl (C=O) groups is 1. The quantitative estimate of drug-likeness (QED) is 0.770. The van der Waals surface area contributed by atoms with E-state index >= 15 is 0 Å². The van der Waals surface area contributed by atoms with Gasteiger partial charge in [-0.05, 0) is 61.4 Å². The highest BCUT2D eigenvalue weighted by Gasteiger charge is 2.28. The molecule has 1 saturated carbocycles. The van der Waals surface area contributed by atoms with Gasteiger partial charge >= 0.3 is 5.97 Å². The number of aromatic carboxylic acids is 1. The Labute approximate surface area is 144 Å². The zero-order chi connectivity index (χ0) is 17.6. The Kier molecular flexibility index (Phi) is 3.64. The van der Waals surface area contributed by atoms with Crippen molar-refractivity contribution in [2.75, 3.05) is 11.9 Å². The molecule has 1 aliphatic carbocycles. The van der Waals surface area contributed by atoms with Crippen molar-refractivity contribution in [2.45, 2.75) is 18.9 Å². The van der Waals surface area contributed by atoms with Crippen LogP contribution in [0.2, 0.25) is 0 Å². The first-order valence-corrected chi connectivity index (χ1v) is 8.20. The van der Waals surface area contributed by atoms with E-state index in [0.29, 0.717) is 6.04 Å². The Morgan fingerprint density at radius 1 is 1.16 bits per heavy atom. The zero-order valence-electron chi connectivity index (χ0n) is 13.7. The van der Waals surface area contributed by atoms with Crippen LogP contribution < -0.4 is 4.90 Å². The number of carboxylic acids is 1. The van der Waals surface area contributed by atoms with Gasteiger partial charge < -0.3 is 10.0 Å². The summed E-state index contributed by atoms with van der Waals surface area (Å²) in [5.74, 6) is -1.24. The van der Waals surface area contributed by atoms with Gasteiger partial charge in [-0.15, -0.1) is 0 Å². The number of nitrogens with zero attached hydrogens (tertiary/aromatic N) is 2. The number of carboxylic acid groups (broad SMARTS) is 1. The van der Waals surface area contributed by atoms with Gasteiger partial charge in [-0.25, -0.2) is 14.2 Å². The first kappa shape index (κ1) is 15.6. The molecule has 1 aromatic heterocycles. The first-order chi connectivity index (χ1) is 12.0. The topological polar surface area (TPSA) is 53.4 Å². The average Bonchev–Trinajstić information content (AvgIpc) is 3.45. The molecule has 1 N–H and O–H groups in total. The second-order valence-electron chi connectivity index (χ2n) is 6.42. The van der Waals surface area contributed by atoms with E-state index in [1.807, 2.05) is 13.1 Å². The van der Waals surface area contributed by atoms with Gasteiger partial charge in [0.05, 0.1) is 22.5 Å². The largest absolute Gasteiger partial charge is 0.478 e. The molecule has 3 aromatic rings. The standard InChI is InChI=1S/C20H17FN2O2/c1-23(16-7-8-16)18-11-14-10-13(20(24)25)4-9-17(14)22-19(18)12-2-5-15(21)6-3-12/h2-6,9-11,16H,7-8H2,1H3,(H,24,25). The smallest absolute Gasteiger partial charge is 0.335 e. The zero-order valence-corrected chi connectivity index (χ0v) is 13.7. The number of benzene rings is 2. The molecule has 0 aliphatic heterocycles. The van der Waals surface area contributed by atoms with Crippen LogP contribution >= 0.6 is 0 Å². The maximum Gasteiger partial charge on any atom is 0.335 e. The van der Waals surface area contributed by atoms with Crippen LogP contribution in [0.4, 0.5) is 10.1 Å². The molecule has 0 amide bonds. The maximum absolute atomic E-state index is 13.3. The fraction of sp³-hybridized carbons (Fsp3) is 0.200. The lowest BCUT2D eigenvalue weighted by molar-refractivity contribution is 0.0697. The summed E-state index contributed by atoms with van der Waals surface area (Å²) < 4.78 is 13.3. The van der Waals surface area contributed by atoms with Crippen molar-refractivity contribution in [3.63, 3.8) is 0 Å².